The Labute approximate surface area is 92.1 Å². The number of aromatic nitrogens is 2. The Bertz CT molecular complexity index is 362. The summed E-state index contributed by atoms with van der Waals surface area (Å²) in [5.74, 6) is -0.455. The van der Waals surface area contributed by atoms with Crippen LogP contribution in [0.5, 0.6) is 0 Å². The van der Waals surface area contributed by atoms with Gasteiger partial charge in [0.2, 0.25) is 0 Å². The molecule has 0 amide bonds. The Morgan fingerprint density at radius 3 is 2.60 bits per heavy atom. The number of hydrogen-bond donors (Lipinski definition) is 1. The van der Waals surface area contributed by atoms with Crippen LogP contribution in [-0.4, -0.2) is 26.3 Å². The van der Waals surface area contributed by atoms with Crippen LogP contribution in [0, 0.1) is 12.8 Å². The van der Waals surface area contributed by atoms with Gasteiger partial charge < -0.3 is 5.11 Å². The summed E-state index contributed by atoms with van der Waals surface area (Å²) >= 11 is 1.25. The summed E-state index contributed by atoms with van der Waals surface area (Å²) in [6.07, 6.45) is 5.44. The topological polar surface area (TPSA) is 63.1 Å². The molecule has 1 fully saturated rings. The van der Waals surface area contributed by atoms with Gasteiger partial charge in [-0.25, -0.2) is 9.97 Å². The summed E-state index contributed by atoms with van der Waals surface area (Å²) in [5.41, 5.74) is 0.984. The molecular weight excluding hydrogens is 212 g/mol. The molecule has 1 aliphatic rings. The Hall–Kier alpha value is -1.10. The van der Waals surface area contributed by atoms with Crippen molar-refractivity contribution in [1.82, 2.24) is 9.97 Å². The minimum atomic E-state index is -0.758. The summed E-state index contributed by atoms with van der Waals surface area (Å²) in [7, 11) is 0. The lowest BCUT2D eigenvalue weighted by Gasteiger charge is -2.08. The first-order valence-electron chi connectivity index (χ1n) is 4.85. The first-order chi connectivity index (χ1) is 7.16. The Kier molecular flexibility index (Phi) is 2.90. The second kappa shape index (κ2) is 4.18. The fourth-order valence-corrected chi connectivity index (χ4v) is 2.32. The minimum Gasteiger partial charge on any atom is -0.480 e. The smallest absolute Gasteiger partial charge is 0.317 e. The van der Waals surface area contributed by atoms with E-state index in [0.29, 0.717) is 11.1 Å². The van der Waals surface area contributed by atoms with Crippen molar-refractivity contribution in [3.8, 4) is 0 Å². The second-order valence-electron chi connectivity index (χ2n) is 3.76. The van der Waals surface area contributed by atoms with Crippen molar-refractivity contribution in [2.75, 3.05) is 0 Å². The van der Waals surface area contributed by atoms with E-state index in [2.05, 4.69) is 9.97 Å². The van der Waals surface area contributed by atoms with Gasteiger partial charge in [-0.15, -0.1) is 0 Å². The van der Waals surface area contributed by atoms with Gasteiger partial charge in [0.25, 0.3) is 0 Å². The number of nitrogens with zero attached hydrogens (tertiary/aromatic N) is 2. The van der Waals surface area contributed by atoms with Gasteiger partial charge in [-0.2, -0.15) is 0 Å². The normalized spacial score (nSPS) is 17.4. The van der Waals surface area contributed by atoms with E-state index in [4.69, 9.17) is 5.11 Å². The predicted molar refractivity (Wildman–Crippen MR) is 56.8 cm³/mol. The number of aryl methyl sites for hydroxylation is 1. The lowest BCUT2D eigenvalue weighted by Crippen LogP contribution is -2.18. The van der Waals surface area contributed by atoms with Gasteiger partial charge in [0.15, 0.2) is 5.16 Å². The van der Waals surface area contributed by atoms with Gasteiger partial charge >= 0.3 is 5.97 Å². The van der Waals surface area contributed by atoms with Crippen molar-refractivity contribution in [2.45, 2.75) is 30.2 Å². The number of carbonyl (C=O) groups is 1. The zero-order chi connectivity index (χ0) is 10.8. The van der Waals surface area contributed by atoms with Gasteiger partial charge in [-0.1, -0.05) is 11.8 Å². The Balaban J connectivity index is 2.05. The zero-order valence-electron chi connectivity index (χ0n) is 8.38. The Morgan fingerprint density at radius 1 is 1.53 bits per heavy atom. The van der Waals surface area contributed by atoms with E-state index in [1.54, 1.807) is 12.4 Å². The second-order valence-corrected chi connectivity index (χ2v) is 4.87. The van der Waals surface area contributed by atoms with Crippen molar-refractivity contribution in [2.24, 2.45) is 5.92 Å². The van der Waals surface area contributed by atoms with Crippen molar-refractivity contribution >= 4 is 17.7 Å². The molecule has 5 heteroatoms. The molecule has 1 unspecified atom stereocenters. The third-order valence-corrected chi connectivity index (χ3v) is 3.55. The number of rotatable bonds is 4. The fourth-order valence-electron chi connectivity index (χ4n) is 1.30. The fraction of sp³-hybridized carbons (Fsp3) is 0.500. The zero-order valence-corrected chi connectivity index (χ0v) is 9.20. The molecule has 0 saturated heterocycles. The van der Waals surface area contributed by atoms with E-state index < -0.39 is 5.97 Å². The van der Waals surface area contributed by atoms with Crippen molar-refractivity contribution in [3.05, 3.63) is 18.0 Å². The van der Waals surface area contributed by atoms with Gasteiger partial charge in [0.1, 0.15) is 5.25 Å². The quantitative estimate of drug-likeness (QED) is 0.623. The molecular formula is C10H12N2O2S. The maximum absolute atomic E-state index is 11.0. The van der Waals surface area contributed by atoms with E-state index in [9.17, 15) is 4.79 Å². The summed E-state index contributed by atoms with van der Waals surface area (Å²) < 4.78 is 0. The lowest BCUT2D eigenvalue weighted by molar-refractivity contribution is -0.136. The van der Waals surface area contributed by atoms with Crippen LogP contribution in [0.25, 0.3) is 0 Å². The first-order valence-corrected chi connectivity index (χ1v) is 5.73. The highest BCUT2D eigenvalue weighted by Crippen LogP contribution is 2.40. The molecule has 1 atom stereocenters. The average molecular weight is 224 g/mol. The molecule has 1 aromatic rings. The lowest BCUT2D eigenvalue weighted by atomic mass is 10.3. The molecule has 0 aliphatic heterocycles. The van der Waals surface area contributed by atoms with Crippen LogP contribution in [0.4, 0.5) is 0 Å². The van der Waals surface area contributed by atoms with Crippen LogP contribution in [0.2, 0.25) is 0 Å². The third kappa shape index (κ3) is 2.68. The minimum absolute atomic E-state index is 0.303. The summed E-state index contributed by atoms with van der Waals surface area (Å²) in [5, 5.41) is 9.20. The summed E-state index contributed by atoms with van der Waals surface area (Å²) in [6, 6.07) is 0. The van der Waals surface area contributed by atoms with E-state index in [0.717, 1.165) is 18.4 Å². The van der Waals surface area contributed by atoms with Crippen LogP contribution in [0.3, 0.4) is 0 Å². The molecule has 80 valence electrons. The van der Waals surface area contributed by atoms with Crippen LogP contribution < -0.4 is 0 Å². The van der Waals surface area contributed by atoms with Crippen LogP contribution in [-0.2, 0) is 4.79 Å². The molecule has 2 rings (SSSR count). The molecule has 1 aliphatic carbocycles. The number of aliphatic carboxylic acids is 1. The van der Waals surface area contributed by atoms with Crippen molar-refractivity contribution in [1.29, 1.82) is 0 Å². The molecule has 15 heavy (non-hydrogen) atoms. The van der Waals surface area contributed by atoms with Crippen LogP contribution in [0.1, 0.15) is 18.4 Å². The number of carboxylic acid groups (broad SMARTS) is 1. The molecule has 0 bridgehead atoms. The van der Waals surface area contributed by atoms with Gasteiger partial charge in [0.05, 0.1) is 0 Å². The number of carboxylic acids is 1. The highest BCUT2D eigenvalue weighted by molar-refractivity contribution is 8.00. The van der Waals surface area contributed by atoms with E-state index in [-0.39, 0.29) is 5.25 Å². The molecule has 1 N–H and O–H groups in total. The molecule has 0 spiro atoms. The maximum Gasteiger partial charge on any atom is 0.317 e. The van der Waals surface area contributed by atoms with Crippen molar-refractivity contribution in [3.63, 3.8) is 0 Å². The first kappa shape index (κ1) is 10.4. The van der Waals surface area contributed by atoms with Crippen LogP contribution >= 0.6 is 11.8 Å². The molecule has 1 aromatic heterocycles. The predicted octanol–water partition coefficient (Wildman–Crippen LogP) is 1.74. The summed E-state index contributed by atoms with van der Waals surface area (Å²) in [4.78, 5) is 19.2. The maximum atomic E-state index is 11.0. The SMILES string of the molecule is Cc1cnc(SC(C(=O)O)C2CC2)nc1. The summed E-state index contributed by atoms with van der Waals surface area (Å²) in [6.45, 7) is 1.91. The average Bonchev–Trinajstić information content (AvgIpc) is 3.00. The number of hydrogen-bond acceptors (Lipinski definition) is 4. The van der Waals surface area contributed by atoms with E-state index in [1.807, 2.05) is 6.92 Å². The number of thioether (sulfide) groups is 1. The molecule has 4 nitrogen and oxygen atoms in total. The van der Waals surface area contributed by atoms with E-state index >= 15 is 0 Å². The highest BCUT2D eigenvalue weighted by Gasteiger charge is 2.37. The molecule has 0 aromatic carbocycles. The monoisotopic (exact) mass is 224 g/mol. The van der Waals surface area contributed by atoms with Gasteiger partial charge in [-0.3, -0.25) is 4.79 Å². The van der Waals surface area contributed by atoms with Crippen LogP contribution in [0.15, 0.2) is 17.6 Å². The van der Waals surface area contributed by atoms with E-state index in [1.165, 1.54) is 11.8 Å². The van der Waals surface area contributed by atoms with Gasteiger partial charge in [-0.05, 0) is 31.2 Å². The Morgan fingerprint density at radius 2 is 2.13 bits per heavy atom. The molecule has 1 saturated carbocycles. The standard InChI is InChI=1S/C10H12N2O2S/c1-6-4-11-10(12-5-6)15-8(9(13)14)7-2-3-7/h4-5,7-8H,2-3H2,1H3,(H,13,14). The van der Waals surface area contributed by atoms with Gasteiger partial charge in [0, 0.05) is 12.4 Å². The van der Waals surface area contributed by atoms with Crippen molar-refractivity contribution < 1.29 is 9.90 Å². The molecule has 0 radical (unpaired) electrons. The molecule has 1 heterocycles. The third-order valence-electron chi connectivity index (χ3n) is 2.28. The largest absolute Gasteiger partial charge is 0.480 e. The highest BCUT2D eigenvalue weighted by atomic mass is 32.2.